The summed E-state index contributed by atoms with van der Waals surface area (Å²) in [5.41, 5.74) is 3.81. The molecule has 134 valence electrons. The fourth-order valence-corrected chi connectivity index (χ4v) is 3.35. The highest BCUT2D eigenvalue weighted by molar-refractivity contribution is 7.89. The Morgan fingerprint density at radius 1 is 1.32 bits per heavy atom. The van der Waals surface area contributed by atoms with Gasteiger partial charge in [0.15, 0.2) is 0 Å². The Morgan fingerprint density at radius 3 is 2.24 bits per heavy atom. The molecule has 0 amide bonds. The van der Waals surface area contributed by atoms with E-state index in [0.29, 0.717) is 16.8 Å². The van der Waals surface area contributed by atoms with Crippen LogP contribution in [0.4, 0.5) is 19.0 Å². The number of hydrogen-bond donors (Lipinski definition) is 2. The summed E-state index contributed by atoms with van der Waals surface area (Å²) in [7, 11) is -3.07. The van der Waals surface area contributed by atoms with Crippen molar-refractivity contribution in [3.05, 3.63) is 33.3 Å². The lowest BCUT2D eigenvalue weighted by molar-refractivity contribution is -0.137. The molecular formula is C12H8Cl2F3N5O2S. The lowest BCUT2D eigenvalue weighted by Crippen LogP contribution is -2.20. The van der Waals surface area contributed by atoms with Gasteiger partial charge in [0.05, 0.1) is 15.6 Å². The molecule has 0 bridgehead atoms. The summed E-state index contributed by atoms with van der Waals surface area (Å²) in [6, 6.07) is 2.75. The average molecular weight is 414 g/mol. The molecule has 0 atom stereocenters. The van der Waals surface area contributed by atoms with E-state index in [-0.39, 0.29) is 5.69 Å². The molecule has 0 saturated heterocycles. The van der Waals surface area contributed by atoms with Crippen LogP contribution in [0.3, 0.4) is 0 Å². The highest BCUT2D eigenvalue weighted by Crippen LogP contribution is 2.38. The van der Waals surface area contributed by atoms with Gasteiger partial charge in [-0.05, 0) is 19.2 Å². The number of alkyl halides is 3. The van der Waals surface area contributed by atoms with E-state index in [2.05, 4.69) is 5.10 Å². The van der Waals surface area contributed by atoms with Crippen molar-refractivity contribution in [1.29, 1.82) is 5.26 Å². The van der Waals surface area contributed by atoms with Gasteiger partial charge in [-0.15, -0.1) is 0 Å². The number of benzene rings is 1. The molecule has 3 N–H and O–H groups in total. The molecule has 25 heavy (non-hydrogen) atoms. The molecule has 7 nitrogen and oxygen atoms in total. The first-order valence-electron chi connectivity index (χ1n) is 6.22. The zero-order chi connectivity index (χ0) is 19.2. The summed E-state index contributed by atoms with van der Waals surface area (Å²) in [5.74, 6) is -0.445. The minimum atomic E-state index is -4.69. The third kappa shape index (κ3) is 3.38. The van der Waals surface area contributed by atoms with Crippen molar-refractivity contribution in [2.24, 2.45) is 0 Å². The van der Waals surface area contributed by atoms with E-state index < -0.39 is 48.2 Å². The SMILES string of the molecule is CNS(=O)(=O)c1nn(-c2c(Cl)cc(C(F)(F)F)cc2Cl)c(N)c1C#N. The van der Waals surface area contributed by atoms with Gasteiger partial charge in [0.2, 0.25) is 5.03 Å². The number of halogens is 5. The predicted octanol–water partition coefficient (Wildman–Crippen LogP) is 2.56. The summed E-state index contributed by atoms with van der Waals surface area (Å²) >= 11 is 11.7. The van der Waals surface area contributed by atoms with Gasteiger partial charge < -0.3 is 5.73 Å². The first-order valence-corrected chi connectivity index (χ1v) is 8.46. The van der Waals surface area contributed by atoms with Crippen molar-refractivity contribution in [3.63, 3.8) is 0 Å². The van der Waals surface area contributed by atoms with Crippen molar-refractivity contribution >= 4 is 39.0 Å². The zero-order valence-electron chi connectivity index (χ0n) is 12.2. The topological polar surface area (TPSA) is 114 Å². The summed E-state index contributed by atoms with van der Waals surface area (Å²) in [4.78, 5) is 0. The van der Waals surface area contributed by atoms with Crippen molar-refractivity contribution in [3.8, 4) is 11.8 Å². The number of anilines is 1. The van der Waals surface area contributed by atoms with Gasteiger partial charge in [0.1, 0.15) is 23.1 Å². The minimum absolute atomic E-state index is 0.289. The maximum absolute atomic E-state index is 12.8. The number of nitrogens with one attached hydrogen (secondary N) is 1. The van der Waals surface area contributed by atoms with Crippen LogP contribution >= 0.6 is 23.2 Å². The average Bonchev–Trinajstić information content (AvgIpc) is 2.83. The first kappa shape index (κ1) is 19.3. The number of nitriles is 1. The maximum Gasteiger partial charge on any atom is 0.416 e. The molecule has 1 aromatic heterocycles. The molecule has 0 saturated carbocycles. The Labute approximate surface area is 149 Å². The number of rotatable bonds is 3. The monoisotopic (exact) mass is 413 g/mol. The standard InChI is InChI=1S/C12H8Cl2F3N5O2S/c1-20-25(23,24)11-6(4-18)10(19)22(21-11)9-7(13)2-5(3-8(9)14)12(15,16)17/h2-3,20H,19H2,1H3. The second kappa shape index (κ2) is 6.38. The molecule has 0 radical (unpaired) electrons. The van der Waals surface area contributed by atoms with Crippen LogP contribution in [-0.2, 0) is 16.2 Å². The quantitative estimate of drug-likeness (QED) is 0.802. The van der Waals surface area contributed by atoms with E-state index >= 15 is 0 Å². The Morgan fingerprint density at radius 2 is 1.84 bits per heavy atom. The highest BCUT2D eigenvalue weighted by atomic mass is 35.5. The van der Waals surface area contributed by atoms with Gasteiger partial charge >= 0.3 is 6.18 Å². The van der Waals surface area contributed by atoms with Crippen LogP contribution in [0.1, 0.15) is 11.1 Å². The van der Waals surface area contributed by atoms with Crippen molar-refractivity contribution < 1.29 is 21.6 Å². The van der Waals surface area contributed by atoms with E-state index in [0.717, 1.165) is 7.05 Å². The van der Waals surface area contributed by atoms with Crippen LogP contribution in [-0.4, -0.2) is 25.2 Å². The van der Waals surface area contributed by atoms with Crippen LogP contribution < -0.4 is 10.5 Å². The van der Waals surface area contributed by atoms with E-state index in [4.69, 9.17) is 34.2 Å². The van der Waals surface area contributed by atoms with Gasteiger partial charge in [-0.2, -0.15) is 23.5 Å². The molecular weight excluding hydrogens is 406 g/mol. The fourth-order valence-electron chi connectivity index (χ4n) is 1.90. The molecule has 0 aliphatic heterocycles. The Kier molecular flexibility index (Phi) is 4.93. The number of aromatic nitrogens is 2. The third-order valence-electron chi connectivity index (χ3n) is 3.08. The van der Waals surface area contributed by atoms with E-state index in [1.165, 1.54) is 0 Å². The molecule has 1 heterocycles. The molecule has 0 fully saturated rings. The Bertz CT molecular complexity index is 972. The lowest BCUT2D eigenvalue weighted by atomic mass is 10.2. The van der Waals surface area contributed by atoms with Gasteiger partial charge in [0.25, 0.3) is 10.0 Å². The molecule has 0 spiro atoms. The van der Waals surface area contributed by atoms with Crippen LogP contribution in [0.25, 0.3) is 5.69 Å². The summed E-state index contributed by atoms with van der Waals surface area (Å²) < 4.78 is 64.9. The molecule has 2 aromatic rings. The van der Waals surface area contributed by atoms with Crippen LogP contribution in [0.15, 0.2) is 17.2 Å². The first-order chi connectivity index (χ1) is 11.4. The van der Waals surface area contributed by atoms with E-state index in [1.807, 2.05) is 4.72 Å². The van der Waals surface area contributed by atoms with Crippen LogP contribution in [0.2, 0.25) is 10.0 Å². The second-order valence-corrected chi connectivity index (χ2v) is 7.20. The number of hydrogen-bond acceptors (Lipinski definition) is 5. The number of nitrogen functional groups attached to an aromatic ring is 1. The molecule has 2 rings (SSSR count). The molecule has 1 aromatic carbocycles. The fraction of sp³-hybridized carbons (Fsp3) is 0.167. The molecule has 0 aliphatic carbocycles. The predicted molar refractivity (Wildman–Crippen MR) is 84.0 cm³/mol. The molecule has 13 heteroatoms. The van der Waals surface area contributed by atoms with Crippen LogP contribution in [0, 0.1) is 11.3 Å². The van der Waals surface area contributed by atoms with Crippen molar-refractivity contribution in [2.75, 3.05) is 12.8 Å². The largest absolute Gasteiger partial charge is 0.416 e. The van der Waals surface area contributed by atoms with Gasteiger partial charge in [-0.25, -0.2) is 17.8 Å². The normalized spacial score (nSPS) is 12.2. The van der Waals surface area contributed by atoms with E-state index in [9.17, 15) is 21.6 Å². The number of nitrogens with two attached hydrogens (primary N) is 1. The minimum Gasteiger partial charge on any atom is -0.382 e. The van der Waals surface area contributed by atoms with Crippen molar-refractivity contribution in [1.82, 2.24) is 14.5 Å². The molecule has 0 aliphatic rings. The summed E-state index contributed by atoms with van der Waals surface area (Å²) in [6.07, 6.45) is -4.69. The molecule has 0 unspecified atom stereocenters. The van der Waals surface area contributed by atoms with Crippen molar-refractivity contribution in [2.45, 2.75) is 11.2 Å². The Hall–Kier alpha value is -2.00. The highest BCUT2D eigenvalue weighted by Gasteiger charge is 2.33. The smallest absolute Gasteiger partial charge is 0.382 e. The third-order valence-corrected chi connectivity index (χ3v) is 4.99. The van der Waals surface area contributed by atoms with Crippen LogP contribution in [0.5, 0.6) is 0 Å². The van der Waals surface area contributed by atoms with Gasteiger partial charge in [-0.3, -0.25) is 0 Å². The lowest BCUT2D eigenvalue weighted by Gasteiger charge is -2.13. The maximum atomic E-state index is 12.8. The second-order valence-electron chi connectivity index (χ2n) is 4.58. The number of sulfonamides is 1. The zero-order valence-corrected chi connectivity index (χ0v) is 14.5. The van der Waals surface area contributed by atoms with E-state index in [1.54, 1.807) is 6.07 Å². The summed E-state index contributed by atoms with van der Waals surface area (Å²) in [5, 5.41) is 11.1. The van der Waals surface area contributed by atoms with Gasteiger partial charge in [-0.1, -0.05) is 23.2 Å². The summed E-state index contributed by atoms with van der Waals surface area (Å²) in [6.45, 7) is 0. The number of nitrogens with zero attached hydrogens (tertiary/aromatic N) is 3. The Balaban J connectivity index is 2.79. The van der Waals surface area contributed by atoms with Gasteiger partial charge in [0, 0.05) is 0 Å².